The quantitative estimate of drug-likeness (QED) is 0.801. The zero-order valence-corrected chi connectivity index (χ0v) is 14.9. The van der Waals surface area contributed by atoms with Crippen molar-refractivity contribution in [3.8, 4) is 0 Å². The molecule has 1 fully saturated rings. The molecule has 1 aromatic rings. The van der Waals surface area contributed by atoms with E-state index in [4.69, 9.17) is 0 Å². The molecule has 7 nitrogen and oxygen atoms in total. The van der Waals surface area contributed by atoms with Gasteiger partial charge in [-0.1, -0.05) is 12.1 Å². The Labute approximate surface area is 142 Å². The fourth-order valence-electron chi connectivity index (χ4n) is 2.75. The van der Waals surface area contributed by atoms with Crippen LogP contribution in [0.3, 0.4) is 0 Å². The van der Waals surface area contributed by atoms with Crippen molar-refractivity contribution in [1.82, 2.24) is 10.2 Å². The monoisotopic (exact) mass is 353 g/mol. The summed E-state index contributed by atoms with van der Waals surface area (Å²) in [6.45, 7) is 4.77. The van der Waals surface area contributed by atoms with E-state index in [0.717, 1.165) is 11.8 Å². The molecule has 1 heterocycles. The second-order valence-electron chi connectivity index (χ2n) is 6.06. The van der Waals surface area contributed by atoms with Crippen LogP contribution in [-0.2, 0) is 19.6 Å². The molecular weight excluding hydrogens is 330 g/mol. The molecule has 0 saturated carbocycles. The number of nitrogens with zero attached hydrogens (tertiary/aromatic N) is 1. The maximum atomic E-state index is 12.3. The smallest absolute Gasteiger partial charge is 0.229 e. The topological polar surface area (TPSA) is 95.6 Å². The van der Waals surface area contributed by atoms with Crippen molar-refractivity contribution in [1.29, 1.82) is 0 Å². The van der Waals surface area contributed by atoms with Crippen LogP contribution in [0.5, 0.6) is 0 Å². The van der Waals surface area contributed by atoms with Crippen molar-refractivity contribution in [2.75, 3.05) is 24.1 Å². The summed E-state index contributed by atoms with van der Waals surface area (Å²) in [5.41, 5.74) is 1.23. The van der Waals surface area contributed by atoms with E-state index in [1.807, 2.05) is 19.9 Å². The van der Waals surface area contributed by atoms with Crippen molar-refractivity contribution in [3.05, 3.63) is 29.8 Å². The molecule has 2 amide bonds. The third-order valence-corrected chi connectivity index (χ3v) is 4.62. The molecule has 0 aromatic heterocycles. The second kappa shape index (κ2) is 7.21. The highest BCUT2D eigenvalue weighted by atomic mass is 32.2. The Hall–Kier alpha value is -2.09. The minimum atomic E-state index is -3.35. The van der Waals surface area contributed by atoms with Gasteiger partial charge in [-0.15, -0.1) is 0 Å². The molecule has 0 unspecified atom stereocenters. The minimum Gasteiger partial charge on any atom is -0.349 e. The van der Waals surface area contributed by atoms with Gasteiger partial charge in [0.1, 0.15) is 0 Å². The summed E-state index contributed by atoms with van der Waals surface area (Å²) in [7, 11) is -3.35. The van der Waals surface area contributed by atoms with E-state index >= 15 is 0 Å². The van der Waals surface area contributed by atoms with Crippen LogP contribution in [0, 0.1) is 5.92 Å². The average molecular weight is 353 g/mol. The third kappa shape index (κ3) is 4.70. The molecule has 0 aliphatic carbocycles. The predicted octanol–water partition coefficient (Wildman–Crippen LogP) is 1.10. The Balaban J connectivity index is 2.02. The lowest BCUT2D eigenvalue weighted by molar-refractivity contribution is -0.129. The van der Waals surface area contributed by atoms with Gasteiger partial charge in [0.05, 0.1) is 18.2 Å². The van der Waals surface area contributed by atoms with Crippen LogP contribution in [0.1, 0.15) is 31.9 Å². The Morgan fingerprint density at radius 2 is 2.12 bits per heavy atom. The molecule has 1 saturated heterocycles. The van der Waals surface area contributed by atoms with Crippen LogP contribution in [0.15, 0.2) is 24.3 Å². The van der Waals surface area contributed by atoms with Crippen molar-refractivity contribution in [3.63, 3.8) is 0 Å². The Bertz CT molecular complexity index is 733. The Morgan fingerprint density at radius 1 is 1.42 bits per heavy atom. The van der Waals surface area contributed by atoms with Crippen LogP contribution in [0.2, 0.25) is 0 Å². The average Bonchev–Trinajstić information content (AvgIpc) is 2.87. The van der Waals surface area contributed by atoms with Crippen molar-refractivity contribution in [2.45, 2.75) is 26.3 Å². The number of anilines is 1. The molecule has 8 heteroatoms. The van der Waals surface area contributed by atoms with Gasteiger partial charge in [0.2, 0.25) is 21.8 Å². The maximum Gasteiger partial charge on any atom is 0.229 e. The van der Waals surface area contributed by atoms with E-state index in [0.29, 0.717) is 18.8 Å². The van der Waals surface area contributed by atoms with Crippen molar-refractivity contribution in [2.24, 2.45) is 5.92 Å². The standard InChI is InChI=1S/C16H23N3O4S/c1-4-19-10-13(9-15(19)20)16(21)17-11(2)12-6-5-7-14(8-12)18-24(3,22)23/h5-8,11,13,18H,4,9-10H2,1-3H3,(H,17,21)/t11-,13+/m1/s1. The number of rotatable bonds is 6. The summed E-state index contributed by atoms with van der Waals surface area (Å²) in [6.07, 6.45) is 1.32. The SMILES string of the molecule is CCN1C[C@@H](C(=O)N[C@H](C)c2cccc(NS(C)(=O)=O)c2)CC1=O. The van der Waals surface area contributed by atoms with Gasteiger partial charge in [0, 0.05) is 25.2 Å². The summed E-state index contributed by atoms with van der Waals surface area (Å²) >= 11 is 0. The molecule has 1 aliphatic rings. The van der Waals surface area contributed by atoms with Crippen LogP contribution in [-0.4, -0.2) is 44.5 Å². The van der Waals surface area contributed by atoms with Gasteiger partial charge in [0.15, 0.2) is 0 Å². The summed E-state index contributed by atoms with van der Waals surface area (Å²) in [5.74, 6) is -0.491. The highest BCUT2D eigenvalue weighted by molar-refractivity contribution is 7.92. The molecule has 0 spiro atoms. The number of sulfonamides is 1. The van der Waals surface area contributed by atoms with E-state index in [2.05, 4.69) is 10.0 Å². The number of likely N-dealkylation sites (tertiary alicyclic amines) is 1. The molecular formula is C16H23N3O4S. The number of hydrogen-bond acceptors (Lipinski definition) is 4. The van der Waals surface area contributed by atoms with E-state index in [1.54, 1.807) is 23.1 Å². The second-order valence-corrected chi connectivity index (χ2v) is 7.81. The number of carbonyl (C=O) groups is 2. The van der Waals surface area contributed by atoms with Gasteiger partial charge in [-0.05, 0) is 31.5 Å². The predicted molar refractivity (Wildman–Crippen MR) is 91.8 cm³/mol. The molecule has 1 aliphatic heterocycles. The molecule has 132 valence electrons. The molecule has 2 atom stereocenters. The van der Waals surface area contributed by atoms with Crippen LogP contribution >= 0.6 is 0 Å². The highest BCUT2D eigenvalue weighted by Crippen LogP contribution is 2.21. The van der Waals surface area contributed by atoms with Crippen LogP contribution in [0.4, 0.5) is 5.69 Å². The molecule has 24 heavy (non-hydrogen) atoms. The van der Waals surface area contributed by atoms with E-state index in [1.165, 1.54) is 0 Å². The highest BCUT2D eigenvalue weighted by Gasteiger charge is 2.33. The Morgan fingerprint density at radius 3 is 2.71 bits per heavy atom. The first-order valence-corrected chi connectivity index (χ1v) is 9.74. The molecule has 0 bridgehead atoms. The first-order chi connectivity index (χ1) is 11.2. The minimum absolute atomic E-state index is 0.00431. The van der Waals surface area contributed by atoms with Crippen molar-refractivity contribution >= 4 is 27.5 Å². The zero-order valence-electron chi connectivity index (χ0n) is 14.1. The fourth-order valence-corrected chi connectivity index (χ4v) is 3.31. The summed E-state index contributed by atoms with van der Waals surface area (Å²) in [6, 6.07) is 6.59. The van der Waals surface area contributed by atoms with E-state index in [9.17, 15) is 18.0 Å². The van der Waals surface area contributed by atoms with Crippen LogP contribution in [0.25, 0.3) is 0 Å². The van der Waals surface area contributed by atoms with Gasteiger partial charge in [-0.25, -0.2) is 8.42 Å². The van der Waals surface area contributed by atoms with E-state index < -0.39 is 10.0 Å². The molecule has 2 N–H and O–H groups in total. The first kappa shape index (κ1) is 18.3. The lowest BCUT2D eigenvalue weighted by Crippen LogP contribution is -2.34. The number of benzene rings is 1. The van der Waals surface area contributed by atoms with Gasteiger partial charge < -0.3 is 10.2 Å². The molecule has 1 aromatic carbocycles. The number of amides is 2. The summed E-state index contributed by atoms with van der Waals surface area (Å²) in [5, 5.41) is 2.90. The van der Waals surface area contributed by atoms with Crippen molar-refractivity contribution < 1.29 is 18.0 Å². The zero-order chi connectivity index (χ0) is 17.9. The number of hydrogen-bond donors (Lipinski definition) is 2. The van der Waals surface area contributed by atoms with E-state index in [-0.39, 0.29) is 30.2 Å². The van der Waals surface area contributed by atoms with Gasteiger partial charge in [0.25, 0.3) is 0 Å². The lowest BCUT2D eigenvalue weighted by atomic mass is 10.0. The van der Waals surface area contributed by atoms with Gasteiger partial charge in [-0.3, -0.25) is 14.3 Å². The lowest BCUT2D eigenvalue weighted by Gasteiger charge is -2.18. The first-order valence-electron chi connectivity index (χ1n) is 7.85. The fraction of sp³-hybridized carbons (Fsp3) is 0.500. The molecule has 0 radical (unpaired) electrons. The number of nitrogens with one attached hydrogen (secondary N) is 2. The Kier molecular flexibility index (Phi) is 5.48. The van der Waals surface area contributed by atoms with Crippen LogP contribution < -0.4 is 10.0 Å². The number of carbonyl (C=O) groups excluding carboxylic acids is 2. The normalized spacial score (nSPS) is 19.2. The third-order valence-electron chi connectivity index (χ3n) is 4.02. The van der Waals surface area contributed by atoms with Gasteiger partial charge in [-0.2, -0.15) is 0 Å². The molecule has 2 rings (SSSR count). The largest absolute Gasteiger partial charge is 0.349 e. The summed E-state index contributed by atoms with van der Waals surface area (Å²) < 4.78 is 25.0. The van der Waals surface area contributed by atoms with Gasteiger partial charge >= 0.3 is 0 Å². The summed E-state index contributed by atoms with van der Waals surface area (Å²) in [4.78, 5) is 25.8. The maximum absolute atomic E-state index is 12.3.